The van der Waals surface area contributed by atoms with Gasteiger partial charge in [0.1, 0.15) is 5.69 Å². The smallest absolute Gasteiger partial charge is 0.209 e. The Kier molecular flexibility index (Phi) is 2.84. The number of hydrogen-bond donors (Lipinski definition) is 1. The van der Waals surface area contributed by atoms with Crippen LogP contribution >= 0.6 is 0 Å². The average molecular weight is 252 g/mol. The molecule has 96 valence electrons. The number of para-hydroxylation sites is 1. The maximum absolute atomic E-state index is 6.40. The van der Waals surface area contributed by atoms with Crippen LogP contribution in [0.3, 0.4) is 0 Å². The predicted molar refractivity (Wildman–Crippen MR) is 79.5 cm³/mol. The molecular weight excluding hydrogens is 234 g/mol. The van der Waals surface area contributed by atoms with Gasteiger partial charge in [-0.2, -0.15) is 0 Å². The molecule has 0 fully saturated rings. The zero-order chi connectivity index (χ0) is 13.3. The van der Waals surface area contributed by atoms with E-state index in [2.05, 4.69) is 54.4 Å². The number of fused-ring (bicyclic) bond motifs is 1. The van der Waals surface area contributed by atoms with E-state index in [9.17, 15) is 0 Å². The van der Waals surface area contributed by atoms with Gasteiger partial charge in [0, 0.05) is 42.2 Å². The van der Waals surface area contributed by atoms with Crippen LogP contribution in [0.1, 0.15) is 18.9 Å². The summed E-state index contributed by atoms with van der Waals surface area (Å²) >= 11 is 0. The highest BCUT2D eigenvalue weighted by Crippen LogP contribution is 2.45. The third-order valence-corrected chi connectivity index (χ3v) is 3.75. The predicted octanol–water partition coefficient (Wildman–Crippen LogP) is 3.40. The fourth-order valence-electron chi connectivity index (χ4n) is 2.97. The number of hydrogen-bond acceptors (Lipinski definition) is 2. The Bertz CT molecular complexity index is 619. The van der Waals surface area contributed by atoms with Gasteiger partial charge in [-0.1, -0.05) is 19.1 Å². The molecule has 1 aromatic carbocycles. The minimum Gasteiger partial charge on any atom is -0.354 e. The quantitative estimate of drug-likeness (QED) is 0.850. The summed E-state index contributed by atoms with van der Waals surface area (Å²) < 4.78 is 0.620. The first kappa shape index (κ1) is 11.9. The second-order valence-electron chi connectivity index (χ2n) is 4.87. The average Bonchev–Trinajstić information content (AvgIpc) is 2.74. The lowest BCUT2D eigenvalue weighted by atomic mass is 10.1. The van der Waals surface area contributed by atoms with E-state index in [-0.39, 0.29) is 0 Å². The molecule has 2 heterocycles. The molecule has 1 aliphatic heterocycles. The lowest BCUT2D eigenvalue weighted by Crippen LogP contribution is -2.45. The van der Waals surface area contributed by atoms with Crippen molar-refractivity contribution in [2.75, 3.05) is 6.54 Å². The summed E-state index contributed by atoms with van der Waals surface area (Å²) in [6.07, 6.45) is 6.81. The zero-order valence-corrected chi connectivity index (χ0v) is 11.1. The highest BCUT2D eigenvalue weighted by Gasteiger charge is 2.41. The molecule has 1 aromatic heterocycles. The number of benzene rings is 1. The van der Waals surface area contributed by atoms with Crippen LogP contribution in [0.15, 0.2) is 54.6 Å². The maximum atomic E-state index is 6.40. The third-order valence-electron chi connectivity index (χ3n) is 3.75. The molecule has 0 radical (unpaired) electrons. The fraction of sp³-hybridized carbons (Fsp3) is 0.188. The van der Waals surface area contributed by atoms with Crippen molar-refractivity contribution < 1.29 is 0 Å². The molecule has 0 saturated carbocycles. The van der Waals surface area contributed by atoms with Gasteiger partial charge >= 0.3 is 0 Å². The zero-order valence-electron chi connectivity index (χ0n) is 11.1. The normalized spacial score (nSPS) is 21.0. The molecule has 0 bridgehead atoms. The van der Waals surface area contributed by atoms with Crippen molar-refractivity contribution in [3.8, 4) is 0 Å². The van der Waals surface area contributed by atoms with Gasteiger partial charge in [0.2, 0.25) is 5.82 Å². The lowest BCUT2D eigenvalue weighted by Gasteiger charge is -2.34. The largest absolute Gasteiger partial charge is 0.354 e. The van der Waals surface area contributed by atoms with Crippen LogP contribution in [0.4, 0.5) is 11.4 Å². The molecule has 3 rings (SSSR count). The molecule has 2 N–H and O–H groups in total. The van der Waals surface area contributed by atoms with Crippen molar-refractivity contribution in [2.45, 2.75) is 13.3 Å². The third kappa shape index (κ3) is 1.66. The molecule has 3 heteroatoms. The van der Waals surface area contributed by atoms with Gasteiger partial charge < -0.3 is 5.73 Å². The van der Waals surface area contributed by atoms with E-state index in [0.29, 0.717) is 4.48 Å². The van der Waals surface area contributed by atoms with Crippen LogP contribution in [0.25, 0.3) is 6.08 Å². The lowest BCUT2D eigenvalue weighted by molar-refractivity contribution is 0.467. The first-order chi connectivity index (χ1) is 9.29. The van der Waals surface area contributed by atoms with Crippen LogP contribution in [0.5, 0.6) is 0 Å². The highest BCUT2D eigenvalue weighted by atomic mass is 15.4. The Morgan fingerprint density at radius 3 is 2.58 bits per heavy atom. The Morgan fingerprint density at radius 2 is 1.84 bits per heavy atom. The van der Waals surface area contributed by atoms with Crippen molar-refractivity contribution in [1.29, 1.82) is 0 Å². The van der Waals surface area contributed by atoms with E-state index >= 15 is 0 Å². The van der Waals surface area contributed by atoms with Gasteiger partial charge in [-0.3, -0.25) is 4.98 Å². The van der Waals surface area contributed by atoms with Crippen LogP contribution in [0.2, 0.25) is 0 Å². The van der Waals surface area contributed by atoms with Crippen LogP contribution in [-0.4, -0.2) is 11.5 Å². The maximum Gasteiger partial charge on any atom is 0.209 e. The number of nitrogens with zero attached hydrogens (tertiary/aromatic N) is 2. The van der Waals surface area contributed by atoms with Gasteiger partial charge in [-0.05, 0) is 12.5 Å². The fourth-order valence-corrected chi connectivity index (χ4v) is 2.97. The van der Waals surface area contributed by atoms with E-state index in [1.54, 1.807) is 0 Å². The molecule has 2 aromatic rings. The summed E-state index contributed by atoms with van der Waals surface area (Å²) in [7, 11) is 0. The SMILES string of the molecule is CCC[N+]1(c2ccncc2)C(N)=Cc2ccccc21. The topological polar surface area (TPSA) is 38.9 Å². The van der Waals surface area contributed by atoms with E-state index in [4.69, 9.17) is 5.73 Å². The van der Waals surface area contributed by atoms with E-state index < -0.39 is 0 Å². The van der Waals surface area contributed by atoms with Crippen LogP contribution in [-0.2, 0) is 0 Å². The first-order valence-electron chi connectivity index (χ1n) is 6.65. The number of nitrogens with two attached hydrogens (primary N) is 1. The minimum atomic E-state index is 0.620. The number of pyridine rings is 1. The van der Waals surface area contributed by atoms with E-state index in [1.165, 1.54) is 16.9 Å². The first-order valence-corrected chi connectivity index (χ1v) is 6.65. The number of quaternary nitrogens is 1. The molecule has 1 aliphatic rings. The summed E-state index contributed by atoms with van der Waals surface area (Å²) in [5.74, 6) is 0.884. The molecule has 0 amide bonds. The van der Waals surface area contributed by atoms with Gasteiger partial charge in [0.15, 0.2) is 5.69 Å². The molecule has 3 nitrogen and oxygen atoms in total. The van der Waals surface area contributed by atoms with Crippen molar-refractivity contribution >= 4 is 17.5 Å². The Balaban J connectivity index is 2.25. The van der Waals surface area contributed by atoms with Crippen molar-refractivity contribution in [3.63, 3.8) is 0 Å². The number of aromatic nitrogens is 1. The van der Waals surface area contributed by atoms with Crippen molar-refractivity contribution in [2.24, 2.45) is 5.73 Å². The molecule has 0 saturated heterocycles. The van der Waals surface area contributed by atoms with Gasteiger partial charge in [-0.25, -0.2) is 4.48 Å². The summed E-state index contributed by atoms with van der Waals surface area (Å²) in [4.78, 5) is 4.12. The van der Waals surface area contributed by atoms with E-state index in [1.807, 2.05) is 12.4 Å². The summed E-state index contributed by atoms with van der Waals surface area (Å²) in [5.41, 5.74) is 10.0. The Morgan fingerprint density at radius 1 is 1.11 bits per heavy atom. The second-order valence-corrected chi connectivity index (χ2v) is 4.87. The monoisotopic (exact) mass is 252 g/mol. The highest BCUT2D eigenvalue weighted by molar-refractivity contribution is 5.81. The summed E-state index contributed by atoms with van der Waals surface area (Å²) in [6, 6.07) is 12.5. The van der Waals surface area contributed by atoms with Gasteiger partial charge in [0.05, 0.1) is 6.54 Å². The molecule has 0 spiro atoms. The van der Waals surface area contributed by atoms with Gasteiger partial charge in [0.25, 0.3) is 0 Å². The molecular formula is C16H18N3+. The standard InChI is InChI=1S/C16H18N3/c1-2-11-19(14-7-9-18-10-8-14)15-6-4-3-5-13(15)12-16(19)17/h3-10,12H,2,11,17H2,1H3/q+1. The second kappa shape index (κ2) is 4.52. The molecule has 0 aliphatic carbocycles. The van der Waals surface area contributed by atoms with Crippen molar-refractivity contribution in [1.82, 2.24) is 9.47 Å². The number of rotatable bonds is 3. The molecule has 1 unspecified atom stereocenters. The Labute approximate surface area is 113 Å². The van der Waals surface area contributed by atoms with Crippen LogP contribution in [0, 0.1) is 0 Å². The molecule has 19 heavy (non-hydrogen) atoms. The Hall–Kier alpha value is -2.13. The van der Waals surface area contributed by atoms with Crippen LogP contribution < -0.4 is 10.2 Å². The molecule has 1 atom stereocenters. The van der Waals surface area contributed by atoms with Crippen molar-refractivity contribution in [3.05, 3.63) is 60.2 Å². The minimum absolute atomic E-state index is 0.620. The van der Waals surface area contributed by atoms with E-state index in [0.717, 1.165) is 18.8 Å². The summed E-state index contributed by atoms with van der Waals surface area (Å²) in [6.45, 7) is 3.15. The summed E-state index contributed by atoms with van der Waals surface area (Å²) in [5, 5.41) is 0. The van der Waals surface area contributed by atoms with Gasteiger partial charge in [-0.15, -0.1) is 0 Å².